The number of hydrogen-bond acceptors (Lipinski definition) is 4. The fourth-order valence-corrected chi connectivity index (χ4v) is 4.02. The fourth-order valence-electron chi connectivity index (χ4n) is 3.90. The number of rotatable bonds is 5. The van der Waals surface area contributed by atoms with Crippen LogP contribution in [0.15, 0.2) is 72.9 Å². The van der Waals surface area contributed by atoms with Crippen LogP contribution in [0.25, 0.3) is 0 Å². The lowest BCUT2D eigenvalue weighted by Crippen LogP contribution is -2.42. The van der Waals surface area contributed by atoms with E-state index >= 15 is 0 Å². The Labute approximate surface area is 187 Å². The highest BCUT2D eigenvalue weighted by Crippen LogP contribution is 2.28. The number of anilines is 2. The molecule has 1 amide bonds. The maximum absolute atomic E-state index is 13.5. The Bertz CT molecular complexity index is 1050. The second kappa shape index (κ2) is 9.63. The summed E-state index contributed by atoms with van der Waals surface area (Å²) >= 11 is 6.07. The number of nitrogens with zero attached hydrogens (tertiary/aromatic N) is 4. The standard InChI is InChI=1S/C25H23ClN4O/c26-22-7-9-23(10-8-22)30(18-19-4-2-1-3-5-19)25(31)21-12-14-29(15-13-21)24-11-6-20(16-27)17-28-24/h1-11,17,21H,12-15,18H2. The molecule has 6 heteroatoms. The van der Waals surface area contributed by atoms with Gasteiger partial charge in [-0.2, -0.15) is 5.26 Å². The molecule has 5 nitrogen and oxygen atoms in total. The monoisotopic (exact) mass is 430 g/mol. The summed E-state index contributed by atoms with van der Waals surface area (Å²) in [7, 11) is 0. The van der Waals surface area contributed by atoms with Crippen LogP contribution in [0.1, 0.15) is 24.0 Å². The molecule has 0 atom stereocenters. The SMILES string of the molecule is N#Cc1ccc(N2CCC(C(=O)N(Cc3ccccc3)c3ccc(Cl)cc3)CC2)nc1. The van der Waals surface area contributed by atoms with Crippen molar-refractivity contribution in [1.29, 1.82) is 5.26 Å². The molecule has 156 valence electrons. The van der Waals surface area contributed by atoms with Crippen molar-refractivity contribution in [2.24, 2.45) is 5.92 Å². The quantitative estimate of drug-likeness (QED) is 0.567. The Balaban J connectivity index is 1.48. The predicted octanol–water partition coefficient (Wildman–Crippen LogP) is 5.06. The highest BCUT2D eigenvalue weighted by Gasteiger charge is 2.30. The summed E-state index contributed by atoms with van der Waals surface area (Å²) in [6.07, 6.45) is 3.12. The molecule has 1 aromatic heterocycles. The topological polar surface area (TPSA) is 60.2 Å². The third kappa shape index (κ3) is 5.04. The van der Waals surface area contributed by atoms with Crippen LogP contribution in [-0.4, -0.2) is 24.0 Å². The molecule has 1 saturated heterocycles. The van der Waals surface area contributed by atoms with E-state index in [0.29, 0.717) is 17.1 Å². The maximum Gasteiger partial charge on any atom is 0.230 e. The van der Waals surface area contributed by atoms with Gasteiger partial charge in [0.1, 0.15) is 11.9 Å². The number of amides is 1. The maximum atomic E-state index is 13.5. The lowest BCUT2D eigenvalue weighted by atomic mass is 9.94. The molecule has 4 rings (SSSR count). The molecule has 0 radical (unpaired) electrons. The Morgan fingerprint density at radius 2 is 1.77 bits per heavy atom. The molecule has 0 bridgehead atoms. The first-order valence-electron chi connectivity index (χ1n) is 10.4. The number of pyridine rings is 1. The van der Waals surface area contributed by atoms with Gasteiger partial charge in [0.2, 0.25) is 5.91 Å². The molecule has 1 aliphatic rings. The Hall–Kier alpha value is -3.36. The van der Waals surface area contributed by atoms with Crippen LogP contribution in [0, 0.1) is 17.2 Å². The number of carbonyl (C=O) groups is 1. The second-order valence-electron chi connectivity index (χ2n) is 7.66. The number of carbonyl (C=O) groups excluding carboxylic acids is 1. The molecule has 1 fully saturated rings. The molecule has 31 heavy (non-hydrogen) atoms. The van der Waals surface area contributed by atoms with Gasteiger partial charge in [-0.25, -0.2) is 4.98 Å². The number of aromatic nitrogens is 1. The van der Waals surface area contributed by atoms with E-state index in [0.717, 1.165) is 43.0 Å². The van der Waals surface area contributed by atoms with Crippen molar-refractivity contribution in [3.8, 4) is 6.07 Å². The first-order valence-corrected chi connectivity index (χ1v) is 10.7. The molecule has 2 heterocycles. The van der Waals surface area contributed by atoms with Crippen LogP contribution >= 0.6 is 11.6 Å². The average Bonchev–Trinajstić information content (AvgIpc) is 2.84. The molecule has 1 aliphatic heterocycles. The van der Waals surface area contributed by atoms with Gasteiger partial charge in [-0.1, -0.05) is 41.9 Å². The van der Waals surface area contributed by atoms with Gasteiger partial charge in [-0.05, 0) is 54.8 Å². The van der Waals surface area contributed by atoms with Gasteiger partial charge in [0, 0.05) is 35.9 Å². The van der Waals surface area contributed by atoms with E-state index in [-0.39, 0.29) is 11.8 Å². The van der Waals surface area contributed by atoms with Crippen LogP contribution in [0.4, 0.5) is 11.5 Å². The highest BCUT2D eigenvalue weighted by molar-refractivity contribution is 6.30. The molecule has 0 unspecified atom stereocenters. The van der Waals surface area contributed by atoms with E-state index in [1.165, 1.54) is 0 Å². The van der Waals surface area contributed by atoms with Crippen LogP contribution in [0.5, 0.6) is 0 Å². The molecule has 0 spiro atoms. The summed E-state index contributed by atoms with van der Waals surface area (Å²) in [5, 5.41) is 9.60. The summed E-state index contributed by atoms with van der Waals surface area (Å²) in [6.45, 7) is 2.04. The third-order valence-corrected chi connectivity index (χ3v) is 5.88. The molecular formula is C25H23ClN4O. The van der Waals surface area contributed by atoms with Gasteiger partial charge in [-0.3, -0.25) is 4.79 Å². The van der Waals surface area contributed by atoms with Crippen LogP contribution in [0.3, 0.4) is 0 Å². The molecule has 2 aromatic carbocycles. The largest absolute Gasteiger partial charge is 0.357 e. The highest BCUT2D eigenvalue weighted by atomic mass is 35.5. The minimum atomic E-state index is -0.0472. The van der Waals surface area contributed by atoms with Crippen molar-refractivity contribution < 1.29 is 4.79 Å². The van der Waals surface area contributed by atoms with Crippen molar-refractivity contribution in [1.82, 2.24) is 4.98 Å². The second-order valence-corrected chi connectivity index (χ2v) is 8.10. The predicted molar refractivity (Wildman–Crippen MR) is 123 cm³/mol. The first-order chi connectivity index (χ1) is 15.1. The molecular weight excluding hydrogens is 408 g/mol. The van der Waals surface area contributed by atoms with Gasteiger partial charge in [0.05, 0.1) is 12.1 Å². The Kier molecular flexibility index (Phi) is 6.49. The lowest BCUT2D eigenvalue weighted by molar-refractivity contribution is -0.123. The number of hydrogen-bond donors (Lipinski definition) is 0. The first kappa shape index (κ1) is 20.9. The molecule has 0 N–H and O–H groups in total. The molecule has 3 aromatic rings. The van der Waals surface area contributed by atoms with Gasteiger partial charge >= 0.3 is 0 Å². The van der Waals surface area contributed by atoms with Crippen molar-refractivity contribution >= 4 is 29.0 Å². The van der Waals surface area contributed by atoms with E-state index in [4.69, 9.17) is 16.9 Å². The van der Waals surface area contributed by atoms with Gasteiger partial charge in [-0.15, -0.1) is 0 Å². The summed E-state index contributed by atoms with van der Waals surface area (Å²) < 4.78 is 0. The zero-order valence-corrected chi connectivity index (χ0v) is 17.9. The van der Waals surface area contributed by atoms with Crippen molar-refractivity contribution in [2.75, 3.05) is 22.9 Å². The Morgan fingerprint density at radius 1 is 1.06 bits per heavy atom. The van der Waals surface area contributed by atoms with Gasteiger partial charge < -0.3 is 9.80 Å². The van der Waals surface area contributed by atoms with Crippen molar-refractivity contribution in [3.05, 3.63) is 89.1 Å². The van der Waals surface area contributed by atoms with Crippen LogP contribution < -0.4 is 9.80 Å². The zero-order chi connectivity index (χ0) is 21.6. The smallest absolute Gasteiger partial charge is 0.230 e. The summed E-state index contributed by atoms with van der Waals surface area (Å²) in [5.74, 6) is 0.941. The van der Waals surface area contributed by atoms with Crippen LogP contribution in [0.2, 0.25) is 5.02 Å². The van der Waals surface area contributed by atoms with E-state index in [1.54, 1.807) is 12.3 Å². The number of halogens is 1. The number of piperidine rings is 1. The average molecular weight is 431 g/mol. The summed E-state index contributed by atoms with van der Waals surface area (Å²) in [5.41, 5.74) is 2.49. The van der Waals surface area contributed by atoms with E-state index in [9.17, 15) is 4.79 Å². The van der Waals surface area contributed by atoms with Crippen molar-refractivity contribution in [2.45, 2.75) is 19.4 Å². The summed E-state index contributed by atoms with van der Waals surface area (Å²) in [6, 6.07) is 23.2. The van der Waals surface area contributed by atoms with Crippen molar-refractivity contribution in [3.63, 3.8) is 0 Å². The van der Waals surface area contributed by atoms with E-state index in [1.807, 2.05) is 65.6 Å². The fraction of sp³-hybridized carbons (Fsp3) is 0.240. The Morgan fingerprint density at radius 3 is 2.39 bits per heavy atom. The minimum absolute atomic E-state index is 0.0472. The van der Waals surface area contributed by atoms with E-state index < -0.39 is 0 Å². The van der Waals surface area contributed by atoms with Gasteiger partial charge in [0.25, 0.3) is 0 Å². The molecule has 0 aliphatic carbocycles. The van der Waals surface area contributed by atoms with Gasteiger partial charge in [0.15, 0.2) is 0 Å². The van der Waals surface area contributed by atoms with E-state index in [2.05, 4.69) is 16.0 Å². The normalized spacial score (nSPS) is 14.1. The molecule has 0 saturated carbocycles. The lowest BCUT2D eigenvalue weighted by Gasteiger charge is -2.35. The zero-order valence-electron chi connectivity index (χ0n) is 17.1. The minimum Gasteiger partial charge on any atom is -0.357 e. The number of nitriles is 1. The van der Waals surface area contributed by atoms with Crippen LogP contribution in [-0.2, 0) is 11.3 Å². The number of benzene rings is 2. The summed E-state index contributed by atoms with van der Waals surface area (Å²) in [4.78, 5) is 22.0. The third-order valence-electron chi connectivity index (χ3n) is 5.63.